The molecular weight excluding hydrogens is 316 g/mol. The Bertz CT molecular complexity index is 349. The van der Waals surface area contributed by atoms with Crippen LogP contribution < -0.4 is 0 Å². The second-order valence-corrected chi connectivity index (χ2v) is 7.88. The number of nitrogens with zero attached hydrogens (tertiary/aromatic N) is 2. The van der Waals surface area contributed by atoms with Crippen LogP contribution in [-0.4, -0.2) is 48.0 Å². The highest BCUT2D eigenvalue weighted by molar-refractivity contribution is 9.09. The van der Waals surface area contributed by atoms with Gasteiger partial charge in [-0.05, 0) is 25.7 Å². The third-order valence-corrected chi connectivity index (χ3v) is 6.42. The molecule has 18 heavy (non-hydrogen) atoms. The summed E-state index contributed by atoms with van der Waals surface area (Å²) in [7, 11) is -3.23. The molecule has 6 heteroatoms. The lowest BCUT2D eigenvalue weighted by Gasteiger charge is -2.35. The first-order chi connectivity index (χ1) is 8.66. The van der Waals surface area contributed by atoms with E-state index in [0.29, 0.717) is 19.6 Å². The van der Waals surface area contributed by atoms with Gasteiger partial charge < -0.3 is 0 Å². The Morgan fingerprint density at radius 2 is 1.67 bits per heavy atom. The van der Waals surface area contributed by atoms with Crippen molar-refractivity contribution in [2.24, 2.45) is 0 Å². The molecule has 1 saturated heterocycles. The van der Waals surface area contributed by atoms with Gasteiger partial charge in [-0.1, -0.05) is 35.2 Å². The van der Waals surface area contributed by atoms with Gasteiger partial charge >= 0.3 is 0 Å². The van der Waals surface area contributed by atoms with E-state index in [4.69, 9.17) is 0 Å². The Kier molecular flexibility index (Phi) is 5.47. The van der Waals surface area contributed by atoms with Gasteiger partial charge in [0.25, 0.3) is 10.2 Å². The van der Waals surface area contributed by atoms with Crippen LogP contribution in [0.2, 0.25) is 0 Å². The summed E-state index contributed by atoms with van der Waals surface area (Å²) in [5.74, 6) is 0. The molecule has 1 heterocycles. The summed E-state index contributed by atoms with van der Waals surface area (Å²) in [6, 6.07) is 0.231. The summed E-state index contributed by atoms with van der Waals surface area (Å²) >= 11 is 3.39. The second kappa shape index (κ2) is 6.68. The Morgan fingerprint density at radius 3 is 2.22 bits per heavy atom. The number of rotatable bonds is 5. The van der Waals surface area contributed by atoms with E-state index >= 15 is 0 Å². The van der Waals surface area contributed by atoms with Crippen molar-refractivity contribution in [3.63, 3.8) is 0 Å². The first-order valence-electron chi connectivity index (χ1n) is 6.99. The molecule has 0 aromatic carbocycles. The van der Waals surface area contributed by atoms with Gasteiger partial charge in [-0.3, -0.25) is 0 Å². The van der Waals surface area contributed by atoms with Gasteiger partial charge in [0.2, 0.25) is 0 Å². The fraction of sp³-hybridized carbons (Fsp3) is 1.00. The van der Waals surface area contributed by atoms with Crippen LogP contribution in [0.1, 0.15) is 44.9 Å². The van der Waals surface area contributed by atoms with Crippen LogP contribution in [-0.2, 0) is 10.2 Å². The molecule has 2 fully saturated rings. The number of hydrogen-bond acceptors (Lipinski definition) is 2. The maximum absolute atomic E-state index is 12.7. The van der Waals surface area contributed by atoms with Gasteiger partial charge in [-0.15, -0.1) is 0 Å². The van der Waals surface area contributed by atoms with Crippen LogP contribution in [0.15, 0.2) is 0 Å². The van der Waals surface area contributed by atoms with E-state index in [0.717, 1.165) is 37.4 Å². The van der Waals surface area contributed by atoms with Crippen molar-refractivity contribution in [1.82, 2.24) is 8.61 Å². The third kappa shape index (κ3) is 3.26. The predicted octanol–water partition coefficient (Wildman–Crippen LogP) is 2.36. The third-order valence-electron chi connectivity index (χ3n) is 3.97. The van der Waals surface area contributed by atoms with Crippen LogP contribution in [0.25, 0.3) is 0 Å². The maximum Gasteiger partial charge on any atom is 0.282 e. The fourth-order valence-electron chi connectivity index (χ4n) is 3.01. The monoisotopic (exact) mass is 338 g/mol. The van der Waals surface area contributed by atoms with Crippen LogP contribution in [0.4, 0.5) is 0 Å². The molecule has 0 amide bonds. The van der Waals surface area contributed by atoms with Gasteiger partial charge in [-0.2, -0.15) is 17.0 Å². The van der Waals surface area contributed by atoms with E-state index in [9.17, 15) is 8.42 Å². The van der Waals surface area contributed by atoms with Crippen molar-refractivity contribution in [1.29, 1.82) is 0 Å². The molecular formula is C12H23BrN2O2S. The zero-order valence-corrected chi connectivity index (χ0v) is 13.3. The Hall–Kier alpha value is 0.350. The molecule has 0 spiro atoms. The fourth-order valence-corrected chi connectivity index (χ4v) is 5.55. The van der Waals surface area contributed by atoms with Crippen molar-refractivity contribution in [2.75, 3.05) is 25.0 Å². The van der Waals surface area contributed by atoms with E-state index in [-0.39, 0.29) is 6.04 Å². The van der Waals surface area contributed by atoms with Crippen LogP contribution in [0.3, 0.4) is 0 Å². The van der Waals surface area contributed by atoms with Gasteiger partial charge in [0, 0.05) is 31.0 Å². The molecule has 0 unspecified atom stereocenters. The van der Waals surface area contributed by atoms with Crippen molar-refractivity contribution in [3.8, 4) is 0 Å². The lowest BCUT2D eigenvalue weighted by molar-refractivity contribution is 0.274. The molecule has 1 aliphatic heterocycles. The summed E-state index contributed by atoms with van der Waals surface area (Å²) in [4.78, 5) is 0. The maximum atomic E-state index is 12.7. The van der Waals surface area contributed by atoms with Crippen LogP contribution >= 0.6 is 15.9 Å². The van der Waals surface area contributed by atoms with Crippen molar-refractivity contribution in [3.05, 3.63) is 0 Å². The van der Waals surface area contributed by atoms with Gasteiger partial charge in [0.15, 0.2) is 0 Å². The molecule has 0 radical (unpaired) electrons. The summed E-state index contributed by atoms with van der Waals surface area (Å²) in [6.45, 7) is 2.01. The van der Waals surface area contributed by atoms with Crippen LogP contribution in [0.5, 0.6) is 0 Å². The van der Waals surface area contributed by atoms with Gasteiger partial charge in [-0.25, -0.2) is 0 Å². The van der Waals surface area contributed by atoms with E-state index in [2.05, 4.69) is 15.9 Å². The minimum Gasteiger partial charge on any atom is -0.195 e. The van der Waals surface area contributed by atoms with Gasteiger partial charge in [0.05, 0.1) is 0 Å². The van der Waals surface area contributed by atoms with Crippen molar-refractivity contribution >= 4 is 26.1 Å². The molecule has 1 aliphatic carbocycles. The lowest BCUT2D eigenvalue weighted by atomic mass is 10.2. The average Bonchev–Trinajstić information content (AvgIpc) is 2.90. The highest BCUT2D eigenvalue weighted by Crippen LogP contribution is 2.28. The normalized spacial score (nSPS) is 23.9. The summed E-state index contributed by atoms with van der Waals surface area (Å²) < 4.78 is 28.8. The largest absolute Gasteiger partial charge is 0.282 e. The molecule has 0 aromatic heterocycles. The molecule has 0 atom stereocenters. The molecule has 2 rings (SSSR count). The van der Waals surface area contributed by atoms with Crippen LogP contribution in [0, 0.1) is 0 Å². The molecule has 0 N–H and O–H groups in total. The molecule has 2 aliphatic rings. The summed E-state index contributed by atoms with van der Waals surface area (Å²) in [6.07, 6.45) is 7.56. The number of alkyl halides is 1. The Labute approximate surface area is 119 Å². The Morgan fingerprint density at radius 1 is 1.06 bits per heavy atom. The van der Waals surface area contributed by atoms with E-state index in [1.54, 1.807) is 8.61 Å². The summed E-state index contributed by atoms with van der Waals surface area (Å²) in [5, 5.41) is 0.719. The number of piperidine rings is 1. The van der Waals surface area contributed by atoms with Crippen molar-refractivity contribution in [2.45, 2.75) is 51.0 Å². The molecule has 0 bridgehead atoms. The smallest absolute Gasteiger partial charge is 0.195 e. The molecule has 106 valence electrons. The lowest BCUT2D eigenvalue weighted by Crippen LogP contribution is -2.50. The van der Waals surface area contributed by atoms with E-state index in [1.165, 1.54) is 12.8 Å². The Balaban J connectivity index is 2.11. The quantitative estimate of drug-likeness (QED) is 0.722. The SMILES string of the molecule is O=S(=O)(N1CCCCC1)N(CCBr)C1CCCC1. The second-order valence-electron chi connectivity index (χ2n) is 5.21. The minimum atomic E-state index is -3.23. The van der Waals surface area contributed by atoms with Crippen molar-refractivity contribution < 1.29 is 8.42 Å². The zero-order chi connectivity index (χ0) is 13.0. The topological polar surface area (TPSA) is 40.6 Å². The summed E-state index contributed by atoms with van der Waals surface area (Å²) in [5.41, 5.74) is 0. The zero-order valence-electron chi connectivity index (χ0n) is 10.9. The average molecular weight is 339 g/mol. The number of halogens is 1. The molecule has 1 saturated carbocycles. The van der Waals surface area contributed by atoms with E-state index < -0.39 is 10.2 Å². The number of hydrogen-bond donors (Lipinski definition) is 0. The molecule has 0 aromatic rings. The van der Waals surface area contributed by atoms with Gasteiger partial charge in [0.1, 0.15) is 0 Å². The first-order valence-corrected chi connectivity index (χ1v) is 9.51. The van der Waals surface area contributed by atoms with E-state index in [1.807, 2.05) is 0 Å². The standard InChI is InChI=1S/C12H23BrN2O2S/c13-8-11-15(12-6-2-3-7-12)18(16,17)14-9-4-1-5-10-14/h12H,1-11H2. The highest BCUT2D eigenvalue weighted by Gasteiger charge is 2.36. The predicted molar refractivity (Wildman–Crippen MR) is 77.1 cm³/mol. The first kappa shape index (κ1) is 14.8. The highest BCUT2D eigenvalue weighted by atomic mass is 79.9. The molecule has 4 nitrogen and oxygen atoms in total. The minimum absolute atomic E-state index is 0.231.